The van der Waals surface area contributed by atoms with Crippen LogP contribution in [0.15, 0.2) is 11.6 Å². The minimum atomic E-state index is -1.59. The molecule has 2 saturated heterocycles. The van der Waals surface area contributed by atoms with E-state index in [9.17, 15) is 50.8 Å². The van der Waals surface area contributed by atoms with Gasteiger partial charge in [0.15, 0.2) is 12.6 Å². The summed E-state index contributed by atoms with van der Waals surface area (Å²) in [6.45, 7) is 15.4. The van der Waals surface area contributed by atoms with Crippen molar-refractivity contribution in [1.29, 1.82) is 0 Å². The Balaban J connectivity index is 1.17. The zero-order valence-corrected chi connectivity index (χ0v) is 34.5. The van der Waals surface area contributed by atoms with Crippen molar-refractivity contribution < 1.29 is 69.7 Å². The van der Waals surface area contributed by atoms with Crippen LogP contribution in [0.3, 0.4) is 0 Å². The summed E-state index contributed by atoms with van der Waals surface area (Å²) in [5, 5.41) is 93.1. The molecule has 3 saturated carbocycles. The number of fused-ring (bicyclic) bond motifs is 5. The highest BCUT2D eigenvalue weighted by atomic mass is 16.7. The first-order valence-corrected chi connectivity index (χ1v) is 20.9. The molecule has 0 amide bonds. The first-order valence-electron chi connectivity index (χ1n) is 20.9. The van der Waals surface area contributed by atoms with Crippen molar-refractivity contribution in [3.63, 3.8) is 0 Å². The second-order valence-electron chi connectivity index (χ2n) is 20.0. The van der Waals surface area contributed by atoms with E-state index in [-0.39, 0.29) is 40.3 Å². The van der Waals surface area contributed by atoms with Gasteiger partial charge in [0, 0.05) is 17.3 Å². The Morgan fingerprint density at radius 3 is 1.95 bits per heavy atom. The Morgan fingerprint density at radius 1 is 0.804 bits per heavy atom. The quantitative estimate of drug-likeness (QED) is 0.134. The van der Waals surface area contributed by atoms with E-state index in [1.54, 1.807) is 13.8 Å². The molecule has 9 N–H and O–H groups in total. The minimum absolute atomic E-state index is 0.00311. The Hall–Kier alpha value is -1.11. The lowest BCUT2D eigenvalue weighted by Gasteiger charge is -2.65. The number of ether oxygens (including phenoxy) is 4. The molecule has 56 heavy (non-hydrogen) atoms. The van der Waals surface area contributed by atoms with Crippen LogP contribution in [-0.2, 0) is 23.7 Å². The molecule has 6 rings (SSSR count). The van der Waals surface area contributed by atoms with Crippen molar-refractivity contribution in [2.75, 3.05) is 13.2 Å². The maximum absolute atomic E-state index is 14.9. The molecule has 4 aliphatic carbocycles. The standard InChI is InChI=1S/C42H70O14/c1-20(9-13-29(39(4,5)52)56-37-35(51)33(49)31(47)25(19-44)54-37)21-15-16-40(6)26-12-10-22-23(42(26,8)27(45)17-41(21,40)7)11-14-28(38(22,2)3)55-36-34(50)32(48)30(46)24(18-43)53-36/h10,20-21,23-26,28-37,43-44,46-52H,9,11-19H2,1-8H3/t20-,21-,23-,24-,25+,26+,28+,29+,30-,31+,32+,33-,34-,35+,36+,37-,40+,41-,42+/m0/s1. The van der Waals surface area contributed by atoms with E-state index in [2.05, 4.69) is 47.6 Å². The lowest BCUT2D eigenvalue weighted by Crippen LogP contribution is -2.64. The third-order valence-electron chi connectivity index (χ3n) is 16.3. The molecule has 0 aromatic rings. The third kappa shape index (κ3) is 7.07. The molecule has 5 fully saturated rings. The van der Waals surface area contributed by atoms with Crippen LogP contribution >= 0.6 is 0 Å². The number of aliphatic hydroxyl groups excluding tert-OH is 8. The Bertz CT molecular complexity index is 1440. The Morgan fingerprint density at radius 2 is 1.38 bits per heavy atom. The summed E-state index contributed by atoms with van der Waals surface area (Å²) in [5.41, 5.74) is -1.70. The smallest absolute Gasteiger partial charge is 0.187 e. The van der Waals surface area contributed by atoms with Crippen LogP contribution in [0.2, 0.25) is 0 Å². The normalized spacial score (nSPS) is 49.0. The number of aliphatic hydroxyl groups is 9. The molecule has 2 aliphatic heterocycles. The van der Waals surface area contributed by atoms with E-state index in [4.69, 9.17) is 18.9 Å². The number of carbonyl (C=O) groups is 1. The molecule has 19 atom stereocenters. The second-order valence-corrected chi connectivity index (χ2v) is 20.0. The molecule has 0 aromatic heterocycles. The van der Waals surface area contributed by atoms with Crippen molar-refractivity contribution in [3.05, 3.63) is 11.6 Å². The number of hydrogen-bond acceptors (Lipinski definition) is 14. The van der Waals surface area contributed by atoms with E-state index in [0.29, 0.717) is 32.1 Å². The highest BCUT2D eigenvalue weighted by Gasteiger charge is 2.70. The molecule has 0 unspecified atom stereocenters. The Kier molecular flexibility index (Phi) is 12.5. The van der Waals surface area contributed by atoms with Crippen LogP contribution < -0.4 is 0 Å². The van der Waals surface area contributed by atoms with Gasteiger partial charge < -0.3 is 64.9 Å². The number of Topliss-reactive ketones (excluding diaryl/α,β-unsaturated/α-hetero) is 1. The van der Waals surface area contributed by atoms with E-state index in [1.165, 1.54) is 0 Å². The largest absolute Gasteiger partial charge is 0.394 e. The van der Waals surface area contributed by atoms with Gasteiger partial charge >= 0.3 is 0 Å². The number of rotatable bonds is 11. The van der Waals surface area contributed by atoms with Crippen molar-refractivity contribution in [2.45, 2.75) is 186 Å². The van der Waals surface area contributed by atoms with Gasteiger partial charge in [0.05, 0.1) is 31.0 Å². The van der Waals surface area contributed by atoms with Gasteiger partial charge in [-0.25, -0.2) is 0 Å². The van der Waals surface area contributed by atoms with Crippen LogP contribution in [0.4, 0.5) is 0 Å². The highest BCUT2D eigenvalue weighted by molar-refractivity contribution is 5.88. The third-order valence-corrected chi connectivity index (χ3v) is 16.3. The molecule has 0 radical (unpaired) electrons. The van der Waals surface area contributed by atoms with Crippen LogP contribution in [0.25, 0.3) is 0 Å². The minimum Gasteiger partial charge on any atom is -0.394 e. The fourth-order valence-corrected chi connectivity index (χ4v) is 12.5. The van der Waals surface area contributed by atoms with Crippen LogP contribution in [0.1, 0.15) is 107 Å². The van der Waals surface area contributed by atoms with E-state index >= 15 is 0 Å². The predicted octanol–water partition coefficient (Wildman–Crippen LogP) is 1.33. The summed E-state index contributed by atoms with van der Waals surface area (Å²) in [7, 11) is 0. The fraction of sp³-hybridized carbons (Fsp3) is 0.929. The van der Waals surface area contributed by atoms with E-state index in [0.717, 1.165) is 24.8 Å². The van der Waals surface area contributed by atoms with Gasteiger partial charge in [-0.15, -0.1) is 0 Å². The Labute approximate surface area is 331 Å². The fourth-order valence-electron chi connectivity index (χ4n) is 12.5. The molecular formula is C42H70O14. The summed E-state index contributed by atoms with van der Waals surface area (Å²) < 4.78 is 23.8. The predicted molar refractivity (Wildman–Crippen MR) is 201 cm³/mol. The first kappa shape index (κ1) is 44.4. The summed E-state index contributed by atoms with van der Waals surface area (Å²) in [4.78, 5) is 14.9. The lowest BCUT2D eigenvalue weighted by molar-refractivity contribution is -0.322. The van der Waals surface area contributed by atoms with Crippen LogP contribution in [-0.4, -0.2) is 144 Å². The van der Waals surface area contributed by atoms with Gasteiger partial charge in [0.1, 0.15) is 54.6 Å². The zero-order valence-electron chi connectivity index (χ0n) is 34.5. The maximum atomic E-state index is 14.9. The van der Waals surface area contributed by atoms with E-state index in [1.807, 2.05) is 0 Å². The molecule has 0 spiro atoms. The average molecular weight is 799 g/mol. The summed E-state index contributed by atoms with van der Waals surface area (Å²) in [6.07, 6.45) is -7.32. The molecular weight excluding hydrogens is 728 g/mol. The number of allylic oxidation sites excluding steroid dienone is 1. The zero-order chi connectivity index (χ0) is 41.5. The van der Waals surface area contributed by atoms with Gasteiger partial charge in [-0.3, -0.25) is 4.79 Å². The van der Waals surface area contributed by atoms with Gasteiger partial charge in [0.25, 0.3) is 0 Å². The van der Waals surface area contributed by atoms with Crippen LogP contribution in [0.5, 0.6) is 0 Å². The number of ketones is 1. The number of hydrogen-bond donors (Lipinski definition) is 9. The molecule has 0 bridgehead atoms. The SMILES string of the molecule is C[C@@H](CC[C@@H](O[C@@H]1O[C@H](CO)[C@@H](O)[C@H](O)[C@H]1O)C(C)(C)O)[C@@H]1CC[C@]2(C)[C@H]3CC=C4[C@H](CC[C@@H](O[C@H]5O[C@@H](CO)[C@H](O)[C@@H](O)[C@@H]5O)C4(C)C)[C@@]3(C)C(=O)C[C@@]12C. The molecule has 0 aromatic carbocycles. The average Bonchev–Trinajstić information content (AvgIpc) is 3.40. The number of carbonyl (C=O) groups excluding carboxylic acids is 1. The van der Waals surface area contributed by atoms with Crippen LogP contribution in [0, 0.1) is 45.3 Å². The van der Waals surface area contributed by atoms with Gasteiger partial charge in [0.2, 0.25) is 0 Å². The summed E-state index contributed by atoms with van der Waals surface area (Å²) >= 11 is 0. The van der Waals surface area contributed by atoms with Gasteiger partial charge in [-0.1, -0.05) is 53.2 Å². The van der Waals surface area contributed by atoms with Crippen molar-refractivity contribution in [2.24, 2.45) is 45.3 Å². The van der Waals surface area contributed by atoms with Crippen molar-refractivity contribution in [1.82, 2.24) is 0 Å². The summed E-state index contributed by atoms with van der Waals surface area (Å²) in [6, 6.07) is 0. The molecule has 6 aliphatic rings. The molecule has 322 valence electrons. The van der Waals surface area contributed by atoms with Gasteiger partial charge in [-0.2, -0.15) is 0 Å². The highest BCUT2D eigenvalue weighted by Crippen LogP contribution is 2.74. The van der Waals surface area contributed by atoms with Crippen molar-refractivity contribution >= 4 is 5.78 Å². The lowest BCUT2D eigenvalue weighted by atomic mass is 9.38. The second kappa shape index (κ2) is 15.7. The van der Waals surface area contributed by atoms with Crippen molar-refractivity contribution in [3.8, 4) is 0 Å². The monoisotopic (exact) mass is 798 g/mol. The van der Waals surface area contributed by atoms with E-state index < -0.39 is 103 Å². The first-order chi connectivity index (χ1) is 26.0. The molecule has 14 heteroatoms. The molecule has 2 heterocycles. The maximum Gasteiger partial charge on any atom is 0.187 e. The summed E-state index contributed by atoms with van der Waals surface area (Å²) in [5.74, 6) is 0.778. The topological polar surface area (TPSA) is 236 Å². The molecule has 14 nitrogen and oxygen atoms in total. The van der Waals surface area contributed by atoms with Gasteiger partial charge in [-0.05, 0) is 93.3 Å².